The number of carboxylic acid groups (broad SMARTS) is 1. The molecule has 0 aromatic carbocycles. The summed E-state index contributed by atoms with van der Waals surface area (Å²) in [6, 6.07) is 6.24. The second-order valence-corrected chi connectivity index (χ2v) is 3.91. The quantitative estimate of drug-likeness (QED) is 0.767. The van der Waals surface area contributed by atoms with Crippen molar-refractivity contribution in [1.82, 2.24) is 14.6 Å². The number of aromatic nitrogens is 3. The molecule has 1 N–H and O–H groups in total. The minimum Gasteiger partial charge on any atom is -0.478 e. The van der Waals surface area contributed by atoms with Crippen molar-refractivity contribution in [3.63, 3.8) is 0 Å². The van der Waals surface area contributed by atoms with Gasteiger partial charge in [0.05, 0.1) is 0 Å². The molecule has 0 saturated heterocycles. The fourth-order valence-corrected chi connectivity index (χ4v) is 1.76. The monoisotopic (exact) mass is 263 g/mol. The van der Waals surface area contributed by atoms with Crippen molar-refractivity contribution < 1.29 is 14.3 Å². The van der Waals surface area contributed by atoms with Crippen LogP contribution in [0.15, 0.2) is 34.9 Å². The van der Waals surface area contributed by atoms with Crippen LogP contribution in [0.4, 0.5) is 0 Å². The molecule has 0 spiro atoms. The van der Waals surface area contributed by atoms with Gasteiger partial charge in [0.2, 0.25) is 5.82 Å². The number of carboxylic acids is 1. The van der Waals surface area contributed by atoms with E-state index in [4.69, 9.17) is 21.1 Å². The summed E-state index contributed by atoms with van der Waals surface area (Å²) < 4.78 is 6.56. The number of rotatable bonds is 2. The number of aromatic carboxylic acids is 1. The molecule has 0 bridgehead atoms. The fraction of sp³-hybridized carbons (Fsp3) is 0. The van der Waals surface area contributed by atoms with E-state index in [0.717, 1.165) is 0 Å². The standard InChI is InChI=1S/C11H6ClN3O3/c12-8-4-3-7(18-8)9-13-10-6(11(16)17)2-1-5-15(10)14-9/h1-5H,(H,16,17). The van der Waals surface area contributed by atoms with E-state index in [9.17, 15) is 4.79 Å². The normalized spacial score (nSPS) is 10.9. The number of furan rings is 1. The van der Waals surface area contributed by atoms with Gasteiger partial charge in [-0.05, 0) is 35.9 Å². The van der Waals surface area contributed by atoms with Crippen LogP contribution in [0.3, 0.4) is 0 Å². The maximum absolute atomic E-state index is 11.0. The van der Waals surface area contributed by atoms with E-state index in [-0.39, 0.29) is 22.3 Å². The largest absolute Gasteiger partial charge is 0.478 e. The highest BCUT2D eigenvalue weighted by Gasteiger charge is 2.15. The number of pyridine rings is 1. The molecule has 7 heteroatoms. The van der Waals surface area contributed by atoms with Gasteiger partial charge in [0.15, 0.2) is 16.6 Å². The molecule has 0 fully saturated rings. The van der Waals surface area contributed by atoms with Crippen LogP contribution < -0.4 is 0 Å². The first-order chi connectivity index (χ1) is 8.65. The number of hydrogen-bond donors (Lipinski definition) is 1. The molecule has 0 aliphatic carbocycles. The summed E-state index contributed by atoms with van der Waals surface area (Å²) in [6.07, 6.45) is 1.61. The molecule has 0 aliphatic rings. The van der Waals surface area contributed by atoms with Gasteiger partial charge in [0.1, 0.15) is 5.56 Å². The second-order valence-electron chi connectivity index (χ2n) is 3.53. The Morgan fingerprint density at radius 3 is 2.89 bits per heavy atom. The van der Waals surface area contributed by atoms with Crippen molar-refractivity contribution in [2.24, 2.45) is 0 Å². The molecule has 3 rings (SSSR count). The van der Waals surface area contributed by atoms with E-state index in [1.807, 2.05) is 0 Å². The number of halogens is 1. The van der Waals surface area contributed by atoms with Gasteiger partial charge in [-0.3, -0.25) is 0 Å². The van der Waals surface area contributed by atoms with Crippen LogP contribution in [0.5, 0.6) is 0 Å². The van der Waals surface area contributed by atoms with Crippen molar-refractivity contribution in [1.29, 1.82) is 0 Å². The molecule has 0 aliphatic heterocycles. The highest BCUT2D eigenvalue weighted by atomic mass is 35.5. The van der Waals surface area contributed by atoms with Crippen LogP contribution in [-0.4, -0.2) is 25.7 Å². The van der Waals surface area contributed by atoms with Gasteiger partial charge in [0, 0.05) is 6.20 Å². The van der Waals surface area contributed by atoms with Gasteiger partial charge >= 0.3 is 5.97 Å². The van der Waals surface area contributed by atoms with Gasteiger partial charge in [-0.15, -0.1) is 5.10 Å². The highest BCUT2D eigenvalue weighted by Crippen LogP contribution is 2.23. The summed E-state index contributed by atoms with van der Waals surface area (Å²) in [5, 5.41) is 13.4. The molecule has 3 aromatic heterocycles. The summed E-state index contributed by atoms with van der Waals surface area (Å²) in [4.78, 5) is 15.2. The van der Waals surface area contributed by atoms with Crippen LogP contribution in [0, 0.1) is 0 Å². The number of fused-ring (bicyclic) bond motifs is 1. The summed E-state index contributed by atoms with van der Waals surface area (Å²) in [6.45, 7) is 0. The lowest BCUT2D eigenvalue weighted by atomic mass is 10.3. The third-order valence-electron chi connectivity index (χ3n) is 2.39. The average molecular weight is 264 g/mol. The van der Waals surface area contributed by atoms with Gasteiger partial charge in [0.25, 0.3) is 0 Å². The summed E-state index contributed by atoms with van der Waals surface area (Å²) in [7, 11) is 0. The van der Waals surface area contributed by atoms with E-state index in [2.05, 4.69) is 10.1 Å². The SMILES string of the molecule is O=C(O)c1cccn2nc(-c3ccc(Cl)o3)nc12. The molecule has 0 atom stereocenters. The average Bonchev–Trinajstić information content (AvgIpc) is 2.93. The van der Waals surface area contributed by atoms with Crippen LogP contribution in [-0.2, 0) is 0 Å². The van der Waals surface area contributed by atoms with Gasteiger partial charge in [-0.1, -0.05) is 0 Å². The zero-order valence-corrected chi connectivity index (χ0v) is 9.63. The van der Waals surface area contributed by atoms with E-state index in [1.54, 1.807) is 24.4 Å². The Bertz CT molecular complexity index is 747. The van der Waals surface area contributed by atoms with E-state index in [0.29, 0.717) is 5.76 Å². The van der Waals surface area contributed by atoms with Crippen LogP contribution in [0.25, 0.3) is 17.2 Å². The molecule has 0 saturated carbocycles. The molecule has 3 aromatic rings. The maximum Gasteiger partial charge on any atom is 0.339 e. The minimum absolute atomic E-state index is 0.0777. The van der Waals surface area contributed by atoms with Crippen molar-refractivity contribution in [3.05, 3.63) is 41.2 Å². The molecule has 18 heavy (non-hydrogen) atoms. The number of nitrogens with zero attached hydrogens (tertiary/aromatic N) is 3. The fourth-order valence-electron chi connectivity index (χ4n) is 1.61. The first-order valence-electron chi connectivity index (χ1n) is 4.99. The van der Waals surface area contributed by atoms with Crippen LogP contribution >= 0.6 is 11.6 Å². The van der Waals surface area contributed by atoms with E-state index >= 15 is 0 Å². The molecule has 90 valence electrons. The Morgan fingerprint density at radius 1 is 1.39 bits per heavy atom. The molecule has 0 amide bonds. The summed E-state index contributed by atoms with van der Waals surface area (Å²) in [5.74, 6) is -0.382. The van der Waals surface area contributed by atoms with Crippen molar-refractivity contribution in [3.8, 4) is 11.6 Å². The third-order valence-corrected chi connectivity index (χ3v) is 2.59. The minimum atomic E-state index is -1.06. The van der Waals surface area contributed by atoms with Gasteiger partial charge < -0.3 is 9.52 Å². The summed E-state index contributed by atoms with van der Waals surface area (Å²) in [5.41, 5.74) is 0.335. The lowest BCUT2D eigenvalue weighted by molar-refractivity contribution is 0.0698. The first-order valence-corrected chi connectivity index (χ1v) is 5.37. The molecular formula is C11H6ClN3O3. The first kappa shape index (κ1) is 10.8. The van der Waals surface area contributed by atoms with Crippen molar-refractivity contribution in [2.45, 2.75) is 0 Å². The zero-order valence-electron chi connectivity index (χ0n) is 8.87. The lowest BCUT2D eigenvalue weighted by Gasteiger charge is -1.94. The molecule has 6 nitrogen and oxygen atoms in total. The molecule has 0 unspecified atom stereocenters. The van der Waals surface area contributed by atoms with Crippen molar-refractivity contribution >= 4 is 23.2 Å². The van der Waals surface area contributed by atoms with Crippen LogP contribution in [0.1, 0.15) is 10.4 Å². The predicted molar refractivity (Wildman–Crippen MR) is 62.7 cm³/mol. The topological polar surface area (TPSA) is 80.6 Å². The number of carbonyl (C=O) groups is 1. The Morgan fingerprint density at radius 2 is 2.22 bits per heavy atom. The van der Waals surface area contributed by atoms with Gasteiger partial charge in [-0.2, -0.15) is 0 Å². The number of hydrogen-bond acceptors (Lipinski definition) is 4. The Balaban J connectivity index is 2.22. The smallest absolute Gasteiger partial charge is 0.339 e. The van der Waals surface area contributed by atoms with E-state index in [1.165, 1.54) is 10.6 Å². The van der Waals surface area contributed by atoms with Crippen LogP contribution in [0.2, 0.25) is 5.22 Å². The predicted octanol–water partition coefficient (Wildman–Crippen LogP) is 2.34. The molecule has 0 radical (unpaired) electrons. The van der Waals surface area contributed by atoms with Crippen molar-refractivity contribution in [2.75, 3.05) is 0 Å². The van der Waals surface area contributed by atoms with E-state index < -0.39 is 5.97 Å². The Hall–Kier alpha value is -2.34. The Labute approximate surface area is 105 Å². The highest BCUT2D eigenvalue weighted by molar-refractivity contribution is 6.28. The van der Waals surface area contributed by atoms with Gasteiger partial charge in [-0.25, -0.2) is 14.3 Å². The molecule has 3 heterocycles. The lowest BCUT2D eigenvalue weighted by Crippen LogP contribution is -2.00. The third kappa shape index (κ3) is 1.63. The Kier molecular flexibility index (Phi) is 2.31. The maximum atomic E-state index is 11.0. The second kappa shape index (κ2) is 3.85. The molecular weight excluding hydrogens is 258 g/mol. The summed E-state index contributed by atoms with van der Waals surface area (Å²) >= 11 is 5.67. The zero-order chi connectivity index (χ0) is 12.7.